The Hall–Kier alpha value is -2.06. The van der Waals surface area contributed by atoms with Crippen molar-refractivity contribution in [3.63, 3.8) is 0 Å². The maximum absolute atomic E-state index is 12.6. The van der Waals surface area contributed by atoms with E-state index >= 15 is 0 Å². The zero-order chi connectivity index (χ0) is 18.8. The first-order chi connectivity index (χ1) is 12.3. The highest BCUT2D eigenvalue weighted by molar-refractivity contribution is 7.16. The van der Waals surface area contributed by atoms with Gasteiger partial charge in [0.25, 0.3) is 0 Å². The number of amides is 2. The number of rotatable bonds is 3. The van der Waals surface area contributed by atoms with Crippen LogP contribution in [0.15, 0.2) is 23.0 Å². The van der Waals surface area contributed by atoms with Crippen LogP contribution in [0, 0.1) is 0 Å². The van der Waals surface area contributed by atoms with Gasteiger partial charge in [0.05, 0.1) is 10.2 Å². The number of piperidine rings is 1. The predicted molar refractivity (Wildman–Crippen MR) is 101 cm³/mol. The lowest BCUT2D eigenvalue weighted by Gasteiger charge is -2.32. The normalized spacial score (nSPS) is 15.3. The molecule has 0 bridgehead atoms. The fourth-order valence-electron chi connectivity index (χ4n) is 2.90. The summed E-state index contributed by atoms with van der Waals surface area (Å²) in [7, 11) is 3.27. The molecule has 3 rings (SSSR count). The molecule has 7 nitrogen and oxygen atoms in total. The number of nitrogens with zero attached hydrogens (tertiary/aromatic N) is 3. The molecule has 0 spiro atoms. The molecule has 1 aromatic heterocycles. The molecule has 0 unspecified atom stereocenters. The van der Waals surface area contributed by atoms with Crippen molar-refractivity contribution in [2.45, 2.75) is 25.5 Å². The van der Waals surface area contributed by atoms with Gasteiger partial charge < -0.3 is 14.5 Å². The number of fused-ring (bicyclic) bond motifs is 1. The number of halogens is 1. The largest absolute Gasteiger partial charge is 0.446 e. The Labute approximate surface area is 159 Å². The molecule has 1 aliphatic heterocycles. The third-order valence-electron chi connectivity index (χ3n) is 4.35. The summed E-state index contributed by atoms with van der Waals surface area (Å²) >= 11 is 7.04. The first-order valence-electron chi connectivity index (χ1n) is 8.30. The van der Waals surface area contributed by atoms with Crippen molar-refractivity contribution in [2.24, 2.45) is 0 Å². The van der Waals surface area contributed by atoms with Crippen LogP contribution in [-0.4, -0.2) is 59.7 Å². The minimum Gasteiger partial charge on any atom is -0.446 e. The van der Waals surface area contributed by atoms with Gasteiger partial charge in [-0.1, -0.05) is 22.9 Å². The summed E-state index contributed by atoms with van der Waals surface area (Å²) in [5.74, 6) is -0.112. The van der Waals surface area contributed by atoms with E-state index in [0.717, 1.165) is 16.0 Å². The molecule has 2 heterocycles. The summed E-state index contributed by atoms with van der Waals surface area (Å²) in [6.45, 7) is 1.02. The van der Waals surface area contributed by atoms with Gasteiger partial charge in [-0.05, 0) is 18.2 Å². The molecule has 0 aliphatic carbocycles. The van der Waals surface area contributed by atoms with Crippen molar-refractivity contribution >= 4 is 45.2 Å². The lowest BCUT2D eigenvalue weighted by atomic mass is 10.1. The van der Waals surface area contributed by atoms with Gasteiger partial charge in [-0.15, -0.1) is 0 Å². The molecular formula is C17H20ClN3O4S. The van der Waals surface area contributed by atoms with Gasteiger partial charge in [0.2, 0.25) is 5.91 Å². The minimum absolute atomic E-state index is 0.00260. The molecule has 0 atom stereocenters. The fourth-order valence-corrected chi connectivity index (χ4v) is 4.06. The van der Waals surface area contributed by atoms with Gasteiger partial charge in [0, 0.05) is 45.0 Å². The summed E-state index contributed by atoms with van der Waals surface area (Å²) in [5, 5.41) is 0.562. The Balaban J connectivity index is 1.63. The van der Waals surface area contributed by atoms with E-state index in [1.165, 1.54) is 9.47 Å². The number of hydrogen-bond donors (Lipinski definition) is 0. The van der Waals surface area contributed by atoms with Crippen LogP contribution < -0.4 is 4.87 Å². The Morgan fingerprint density at radius 2 is 2.00 bits per heavy atom. The lowest BCUT2D eigenvalue weighted by Crippen LogP contribution is -2.44. The Morgan fingerprint density at radius 1 is 1.31 bits per heavy atom. The topological polar surface area (TPSA) is 71.8 Å². The zero-order valence-corrected chi connectivity index (χ0v) is 16.2. The quantitative estimate of drug-likeness (QED) is 0.797. The van der Waals surface area contributed by atoms with Crippen molar-refractivity contribution in [3.8, 4) is 0 Å². The first-order valence-corrected chi connectivity index (χ1v) is 9.49. The average Bonchev–Trinajstić information content (AvgIpc) is 2.90. The van der Waals surface area contributed by atoms with Crippen LogP contribution in [0.5, 0.6) is 0 Å². The van der Waals surface area contributed by atoms with Crippen LogP contribution in [0.3, 0.4) is 0 Å². The summed E-state index contributed by atoms with van der Waals surface area (Å²) in [6, 6.07) is 5.20. The van der Waals surface area contributed by atoms with Gasteiger partial charge in [-0.3, -0.25) is 14.2 Å². The van der Waals surface area contributed by atoms with Crippen LogP contribution in [0.25, 0.3) is 10.2 Å². The van der Waals surface area contributed by atoms with Crippen LogP contribution in [0.4, 0.5) is 4.79 Å². The molecule has 1 fully saturated rings. The summed E-state index contributed by atoms with van der Waals surface area (Å²) in [5.41, 5.74) is 0.715. The van der Waals surface area contributed by atoms with E-state index in [4.69, 9.17) is 16.3 Å². The maximum Gasteiger partial charge on any atom is 0.409 e. The van der Waals surface area contributed by atoms with Gasteiger partial charge in [-0.25, -0.2) is 4.79 Å². The van der Waals surface area contributed by atoms with Crippen molar-refractivity contribution in [3.05, 3.63) is 32.9 Å². The second kappa shape index (κ2) is 7.67. The van der Waals surface area contributed by atoms with Crippen molar-refractivity contribution < 1.29 is 14.3 Å². The van der Waals surface area contributed by atoms with Gasteiger partial charge >= 0.3 is 11.0 Å². The smallest absolute Gasteiger partial charge is 0.409 e. The number of carbonyl (C=O) groups excluding carboxylic acids is 2. The predicted octanol–water partition coefficient (Wildman–Crippen LogP) is 2.41. The van der Waals surface area contributed by atoms with E-state index in [1.807, 2.05) is 0 Å². The van der Waals surface area contributed by atoms with Gasteiger partial charge in [0.1, 0.15) is 12.6 Å². The second-order valence-corrected chi connectivity index (χ2v) is 7.85. The molecule has 2 aromatic rings. The molecule has 1 saturated heterocycles. The molecular weight excluding hydrogens is 378 g/mol. The molecule has 0 N–H and O–H groups in total. The molecule has 2 amide bonds. The van der Waals surface area contributed by atoms with Crippen LogP contribution in [0.2, 0.25) is 5.02 Å². The number of likely N-dealkylation sites (tertiary alicyclic amines) is 1. The van der Waals surface area contributed by atoms with E-state index < -0.39 is 0 Å². The molecule has 26 heavy (non-hydrogen) atoms. The van der Waals surface area contributed by atoms with Crippen LogP contribution >= 0.6 is 22.9 Å². The van der Waals surface area contributed by atoms with E-state index in [1.54, 1.807) is 37.2 Å². The van der Waals surface area contributed by atoms with E-state index in [9.17, 15) is 14.4 Å². The number of aromatic nitrogens is 1. The maximum atomic E-state index is 12.6. The second-order valence-electron chi connectivity index (χ2n) is 6.42. The number of ether oxygens (including phenoxy) is 1. The summed E-state index contributed by atoms with van der Waals surface area (Å²) < 4.78 is 7.61. The minimum atomic E-state index is -0.371. The van der Waals surface area contributed by atoms with E-state index in [2.05, 4.69) is 0 Å². The van der Waals surface area contributed by atoms with Gasteiger partial charge in [0.15, 0.2) is 0 Å². The van der Waals surface area contributed by atoms with Crippen LogP contribution in [-0.2, 0) is 16.1 Å². The highest BCUT2D eigenvalue weighted by Crippen LogP contribution is 2.22. The number of benzene rings is 1. The molecule has 1 aromatic carbocycles. The number of hydrogen-bond acceptors (Lipinski definition) is 5. The Kier molecular flexibility index (Phi) is 5.52. The SMILES string of the molecule is CN(C)C(=O)OC1CCN(C(=O)Cn2c(=O)sc3cc(Cl)ccc32)CC1. The fraction of sp³-hybridized carbons (Fsp3) is 0.471. The molecule has 140 valence electrons. The zero-order valence-electron chi connectivity index (χ0n) is 14.6. The number of thiazole rings is 1. The standard InChI is InChI=1S/C17H20ClN3O4S/c1-19(2)16(23)25-12-5-7-20(8-6-12)15(22)10-21-13-4-3-11(18)9-14(13)26-17(21)24/h3-4,9,12H,5-8,10H2,1-2H3. The lowest BCUT2D eigenvalue weighted by molar-refractivity contribution is -0.133. The monoisotopic (exact) mass is 397 g/mol. The number of carbonyl (C=O) groups is 2. The van der Waals surface area contributed by atoms with Crippen LogP contribution in [0.1, 0.15) is 12.8 Å². The third kappa shape index (κ3) is 4.02. The molecule has 9 heteroatoms. The van der Waals surface area contributed by atoms with E-state index in [0.29, 0.717) is 36.5 Å². The summed E-state index contributed by atoms with van der Waals surface area (Å²) in [4.78, 5) is 39.3. The van der Waals surface area contributed by atoms with Crippen molar-refractivity contribution in [1.82, 2.24) is 14.4 Å². The Morgan fingerprint density at radius 3 is 2.65 bits per heavy atom. The van der Waals surface area contributed by atoms with Gasteiger partial charge in [-0.2, -0.15) is 0 Å². The summed E-state index contributed by atoms with van der Waals surface area (Å²) in [6.07, 6.45) is 0.644. The third-order valence-corrected chi connectivity index (χ3v) is 5.53. The van der Waals surface area contributed by atoms with Crippen molar-refractivity contribution in [2.75, 3.05) is 27.2 Å². The highest BCUT2D eigenvalue weighted by Gasteiger charge is 2.26. The molecule has 0 radical (unpaired) electrons. The molecule has 0 saturated carbocycles. The highest BCUT2D eigenvalue weighted by atomic mass is 35.5. The van der Waals surface area contributed by atoms with Crippen molar-refractivity contribution in [1.29, 1.82) is 0 Å². The first kappa shape index (κ1) is 18.7. The average molecular weight is 398 g/mol. The Bertz CT molecular complexity index is 884. The molecule has 1 aliphatic rings. The van der Waals surface area contributed by atoms with E-state index in [-0.39, 0.29) is 29.5 Å².